The second kappa shape index (κ2) is 8.70. The van der Waals surface area contributed by atoms with Crippen molar-refractivity contribution < 1.29 is 9.59 Å². The minimum Gasteiger partial charge on any atom is -0.352 e. The van der Waals surface area contributed by atoms with Gasteiger partial charge in [-0.1, -0.05) is 35.9 Å². The Hall–Kier alpha value is -2.30. The van der Waals surface area contributed by atoms with Gasteiger partial charge in [0.2, 0.25) is 5.91 Å². The van der Waals surface area contributed by atoms with E-state index in [-0.39, 0.29) is 29.8 Å². The summed E-state index contributed by atoms with van der Waals surface area (Å²) < 4.78 is 0. The largest absolute Gasteiger partial charge is 0.352 e. The van der Waals surface area contributed by atoms with Gasteiger partial charge in [-0.05, 0) is 32.8 Å². The van der Waals surface area contributed by atoms with Crippen LogP contribution in [-0.4, -0.2) is 42.5 Å². The molecule has 25 heavy (non-hydrogen) atoms. The highest BCUT2D eigenvalue weighted by Gasteiger charge is 2.34. The Morgan fingerprint density at radius 1 is 1.36 bits per heavy atom. The van der Waals surface area contributed by atoms with E-state index >= 15 is 0 Å². The average molecular weight is 343 g/mol. The van der Waals surface area contributed by atoms with Crippen LogP contribution in [0.5, 0.6) is 0 Å². The number of piperidine rings is 1. The molecule has 1 fully saturated rings. The second-order valence-corrected chi connectivity index (χ2v) is 7.09. The smallest absolute Gasteiger partial charge is 0.317 e. The summed E-state index contributed by atoms with van der Waals surface area (Å²) in [7, 11) is 0. The van der Waals surface area contributed by atoms with Crippen molar-refractivity contribution in [2.75, 3.05) is 19.6 Å². The first-order valence-electron chi connectivity index (χ1n) is 8.91. The number of carbonyl (C=O) groups is 2. The zero-order chi connectivity index (χ0) is 18.4. The van der Waals surface area contributed by atoms with E-state index in [1.807, 2.05) is 19.9 Å². The van der Waals surface area contributed by atoms with E-state index in [4.69, 9.17) is 0 Å². The van der Waals surface area contributed by atoms with E-state index in [2.05, 4.69) is 42.3 Å². The first kappa shape index (κ1) is 19.0. The van der Waals surface area contributed by atoms with Crippen LogP contribution in [0.15, 0.2) is 36.9 Å². The molecule has 2 atom stereocenters. The molecule has 1 saturated heterocycles. The van der Waals surface area contributed by atoms with Gasteiger partial charge in [0.15, 0.2) is 0 Å². The second-order valence-electron chi connectivity index (χ2n) is 7.09. The fourth-order valence-electron chi connectivity index (χ4n) is 3.28. The normalized spacial score (nSPS) is 20.2. The summed E-state index contributed by atoms with van der Waals surface area (Å²) in [6.45, 7) is 11.1. The molecular weight excluding hydrogens is 314 g/mol. The molecule has 1 aliphatic rings. The van der Waals surface area contributed by atoms with Crippen molar-refractivity contribution in [3.63, 3.8) is 0 Å². The summed E-state index contributed by atoms with van der Waals surface area (Å²) in [4.78, 5) is 26.7. The molecule has 0 aliphatic carbocycles. The maximum Gasteiger partial charge on any atom is 0.317 e. The van der Waals surface area contributed by atoms with Gasteiger partial charge < -0.3 is 15.5 Å². The van der Waals surface area contributed by atoms with Gasteiger partial charge in [-0.25, -0.2) is 4.79 Å². The number of carbonyl (C=O) groups excluding carboxylic acids is 2. The van der Waals surface area contributed by atoms with Crippen LogP contribution in [0.2, 0.25) is 0 Å². The Balaban J connectivity index is 2.19. The number of urea groups is 1. The van der Waals surface area contributed by atoms with Crippen molar-refractivity contribution >= 4 is 11.9 Å². The molecular formula is C20H29N3O2. The summed E-state index contributed by atoms with van der Waals surface area (Å²) in [5.41, 5.74) is 2.37. The Kier molecular flexibility index (Phi) is 6.62. The lowest BCUT2D eigenvalue weighted by Crippen LogP contribution is -2.52. The Bertz CT molecular complexity index is 627. The predicted molar refractivity (Wildman–Crippen MR) is 100 cm³/mol. The van der Waals surface area contributed by atoms with E-state index < -0.39 is 0 Å². The number of rotatable bonds is 5. The first-order chi connectivity index (χ1) is 11.9. The van der Waals surface area contributed by atoms with Crippen LogP contribution in [0.1, 0.15) is 37.3 Å². The van der Waals surface area contributed by atoms with Gasteiger partial charge in [-0.15, -0.1) is 6.58 Å². The van der Waals surface area contributed by atoms with Gasteiger partial charge in [0.05, 0.1) is 5.92 Å². The molecule has 2 unspecified atom stereocenters. The highest BCUT2D eigenvalue weighted by atomic mass is 16.2. The molecule has 136 valence electrons. The lowest BCUT2D eigenvalue weighted by molar-refractivity contribution is -0.126. The molecule has 1 heterocycles. The summed E-state index contributed by atoms with van der Waals surface area (Å²) in [6, 6.07) is 8.29. The van der Waals surface area contributed by atoms with E-state index in [9.17, 15) is 9.59 Å². The van der Waals surface area contributed by atoms with Gasteiger partial charge in [0, 0.05) is 31.6 Å². The fraction of sp³-hybridized carbons (Fsp3) is 0.500. The zero-order valence-electron chi connectivity index (χ0n) is 15.4. The highest BCUT2D eigenvalue weighted by Crippen LogP contribution is 2.31. The van der Waals surface area contributed by atoms with Crippen molar-refractivity contribution in [1.29, 1.82) is 0 Å². The molecule has 0 aromatic heterocycles. The standard InChI is InChI=1S/C20H29N3O2/c1-5-9-21-19(24)18-11-17(16-8-6-7-15(4)10-16)12-23(13-18)20(25)22-14(2)3/h5-8,10,14,17-18H,1,9,11-13H2,2-4H3,(H,21,24)(H,22,25). The van der Waals surface area contributed by atoms with Crippen LogP contribution in [0.25, 0.3) is 0 Å². The van der Waals surface area contributed by atoms with Crippen molar-refractivity contribution in [3.05, 3.63) is 48.0 Å². The van der Waals surface area contributed by atoms with Crippen molar-refractivity contribution in [3.8, 4) is 0 Å². The van der Waals surface area contributed by atoms with Gasteiger partial charge >= 0.3 is 6.03 Å². The van der Waals surface area contributed by atoms with Crippen LogP contribution in [0, 0.1) is 12.8 Å². The highest BCUT2D eigenvalue weighted by molar-refractivity contribution is 5.81. The third-order valence-electron chi connectivity index (χ3n) is 4.45. The van der Waals surface area contributed by atoms with Gasteiger partial charge in [0.25, 0.3) is 0 Å². The minimum absolute atomic E-state index is 0.0143. The molecule has 0 bridgehead atoms. The number of hydrogen-bond acceptors (Lipinski definition) is 2. The first-order valence-corrected chi connectivity index (χ1v) is 8.91. The van der Waals surface area contributed by atoms with Crippen molar-refractivity contribution in [2.45, 2.75) is 39.2 Å². The molecule has 5 heteroatoms. The maximum absolute atomic E-state index is 12.5. The average Bonchev–Trinajstić information content (AvgIpc) is 2.58. The maximum atomic E-state index is 12.5. The van der Waals surface area contributed by atoms with Crippen molar-refractivity contribution in [1.82, 2.24) is 15.5 Å². The molecule has 2 rings (SSSR count). The number of amides is 3. The van der Waals surface area contributed by atoms with Crippen LogP contribution >= 0.6 is 0 Å². The molecule has 2 N–H and O–H groups in total. The molecule has 0 saturated carbocycles. The van der Waals surface area contributed by atoms with E-state index in [1.165, 1.54) is 11.1 Å². The predicted octanol–water partition coefficient (Wildman–Crippen LogP) is 2.82. The summed E-state index contributed by atoms with van der Waals surface area (Å²) >= 11 is 0. The summed E-state index contributed by atoms with van der Waals surface area (Å²) in [5, 5.41) is 5.81. The van der Waals surface area contributed by atoms with Gasteiger partial charge in [0.1, 0.15) is 0 Å². The minimum atomic E-state index is -0.211. The molecule has 1 aromatic rings. The topological polar surface area (TPSA) is 61.4 Å². The molecule has 0 radical (unpaired) electrons. The summed E-state index contributed by atoms with van der Waals surface area (Å²) in [5.74, 6) is -0.0669. The van der Waals surface area contributed by atoms with Crippen molar-refractivity contribution in [2.24, 2.45) is 5.92 Å². The quantitative estimate of drug-likeness (QED) is 0.808. The van der Waals surface area contributed by atoms with E-state index in [0.29, 0.717) is 19.6 Å². The third kappa shape index (κ3) is 5.34. The Morgan fingerprint density at radius 2 is 2.12 bits per heavy atom. The van der Waals surface area contributed by atoms with E-state index in [0.717, 1.165) is 6.42 Å². The molecule has 0 spiro atoms. The molecule has 1 aliphatic heterocycles. The molecule has 1 aromatic carbocycles. The number of benzene rings is 1. The molecule has 3 amide bonds. The SMILES string of the molecule is C=CCNC(=O)C1CC(c2cccc(C)c2)CN(C(=O)NC(C)C)C1. The van der Waals surface area contributed by atoms with Crippen LogP contribution < -0.4 is 10.6 Å². The third-order valence-corrected chi connectivity index (χ3v) is 4.45. The van der Waals surface area contributed by atoms with Crippen LogP contribution in [0.3, 0.4) is 0 Å². The lowest BCUT2D eigenvalue weighted by atomic mass is 9.83. The zero-order valence-corrected chi connectivity index (χ0v) is 15.4. The van der Waals surface area contributed by atoms with Gasteiger partial charge in [-0.3, -0.25) is 4.79 Å². The van der Waals surface area contributed by atoms with Gasteiger partial charge in [-0.2, -0.15) is 0 Å². The fourth-order valence-corrected chi connectivity index (χ4v) is 3.28. The van der Waals surface area contributed by atoms with Crippen LogP contribution in [0.4, 0.5) is 4.79 Å². The number of nitrogens with one attached hydrogen (secondary N) is 2. The Morgan fingerprint density at radius 3 is 2.76 bits per heavy atom. The van der Waals surface area contributed by atoms with E-state index in [1.54, 1.807) is 11.0 Å². The number of hydrogen-bond donors (Lipinski definition) is 2. The van der Waals surface area contributed by atoms with Crippen LogP contribution in [-0.2, 0) is 4.79 Å². The number of likely N-dealkylation sites (tertiary alicyclic amines) is 1. The monoisotopic (exact) mass is 343 g/mol. The molecule has 5 nitrogen and oxygen atoms in total. The number of nitrogens with zero attached hydrogens (tertiary/aromatic N) is 1. The Labute approximate surface area is 150 Å². The number of aryl methyl sites for hydroxylation is 1. The summed E-state index contributed by atoms with van der Waals surface area (Å²) in [6.07, 6.45) is 2.42. The lowest BCUT2D eigenvalue weighted by Gasteiger charge is -2.37.